The molecule has 0 aliphatic heterocycles. The number of hydrogen-bond acceptors (Lipinski definition) is 7. The Morgan fingerprint density at radius 1 is 1.17 bits per heavy atom. The van der Waals surface area contributed by atoms with Crippen LogP contribution in [-0.2, 0) is 15.6 Å². The van der Waals surface area contributed by atoms with Gasteiger partial charge in [0.15, 0.2) is 15.0 Å². The van der Waals surface area contributed by atoms with Gasteiger partial charge in [-0.1, -0.05) is 17.7 Å². The number of aromatic nitrogens is 2. The topological polar surface area (TPSA) is 81.2 Å². The van der Waals surface area contributed by atoms with Crippen molar-refractivity contribution < 1.29 is 13.2 Å². The van der Waals surface area contributed by atoms with Crippen molar-refractivity contribution in [3.8, 4) is 17.1 Å². The molecule has 2 aromatic heterocycles. The van der Waals surface area contributed by atoms with Gasteiger partial charge in [-0.05, 0) is 39.3 Å². The third-order valence-corrected chi connectivity index (χ3v) is 5.95. The molecule has 3 aromatic rings. The minimum Gasteiger partial charge on any atom is -0.490 e. The molecule has 0 atom stereocenters. The number of rotatable bonds is 7. The number of benzene rings is 1. The molecule has 0 saturated carbocycles. The molecule has 1 aromatic carbocycles. The average Bonchev–Trinajstić information content (AvgIpc) is 3.03. The van der Waals surface area contributed by atoms with Crippen molar-refractivity contribution >= 4 is 48.8 Å². The van der Waals surface area contributed by atoms with Crippen LogP contribution in [0.5, 0.6) is 5.75 Å². The van der Waals surface area contributed by atoms with E-state index >= 15 is 0 Å². The summed E-state index contributed by atoms with van der Waals surface area (Å²) in [5.41, 5.74) is 2.35. The zero-order chi connectivity index (χ0) is 21.3. The van der Waals surface area contributed by atoms with Gasteiger partial charge in [0, 0.05) is 29.1 Å². The van der Waals surface area contributed by atoms with Crippen LogP contribution >= 0.6 is 22.9 Å². The van der Waals surface area contributed by atoms with E-state index in [1.807, 2.05) is 45.2 Å². The number of ether oxygens (including phenoxy) is 1. The molecule has 0 spiro atoms. The normalized spacial score (nSPS) is 12.1. The van der Waals surface area contributed by atoms with Gasteiger partial charge in [-0.25, -0.2) is 18.4 Å². The Bertz CT molecular complexity index is 1140. The zero-order valence-corrected chi connectivity index (χ0v) is 19.4. The average molecular weight is 454 g/mol. The van der Waals surface area contributed by atoms with Gasteiger partial charge in [0.1, 0.15) is 11.4 Å². The largest absolute Gasteiger partial charge is 0.490 e. The first-order valence-electron chi connectivity index (χ1n) is 9.22. The molecule has 0 radical (unpaired) electrons. The molecule has 156 valence electrons. The standard InChI is InChI=1S/C20H24ClN3O3S2/c1-11(2)22-20-24-16(9-28-20)15-8-17(27-12(3)4)14-7-6-13(10-29(5,25)26)18(21)19(14)23-15/h6-9,11-12H,10H2,1-5H3,(H,22,24). The van der Waals surface area contributed by atoms with Crippen LogP contribution in [0.2, 0.25) is 5.02 Å². The second-order valence-electron chi connectivity index (χ2n) is 7.51. The molecule has 0 amide bonds. The van der Waals surface area contributed by atoms with Crippen LogP contribution in [0.15, 0.2) is 23.6 Å². The minimum atomic E-state index is -3.23. The fraction of sp³-hybridized carbons (Fsp3) is 0.400. The van der Waals surface area contributed by atoms with Crippen LogP contribution in [0.1, 0.15) is 33.3 Å². The van der Waals surface area contributed by atoms with Crippen molar-refractivity contribution in [1.29, 1.82) is 0 Å². The van der Waals surface area contributed by atoms with Crippen LogP contribution in [0, 0.1) is 0 Å². The monoisotopic (exact) mass is 453 g/mol. The van der Waals surface area contributed by atoms with Gasteiger partial charge in [-0.3, -0.25) is 0 Å². The van der Waals surface area contributed by atoms with Crippen LogP contribution in [0.25, 0.3) is 22.3 Å². The second kappa shape index (κ2) is 8.45. The lowest BCUT2D eigenvalue weighted by Crippen LogP contribution is -2.09. The van der Waals surface area contributed by atoms with E-state index in [4.69, 9.17) is 21.3 Å². The maximum absolute atomic E-state index is 11.8. The van der Waals surface area contributed by atoms with E-state index in [-0.39, 0.29) is 17.9 Å². The number of nitrogens with zero attached hydrogens (tertiary/aromatic N) is 2. The molecule has 1 N–H and O–H groups in total. The molecule has 6 nitrogen and oxygen atoms in total. The molecule has 0 aliphatic rings. The highest BCUT2D eigenvalue weighted by Crippen LogP contribution is 2.37. The van der Waals surface area contributed by atoms with Gasteiger partial charge in [-0.2, -0.15) is 0 Å². The number of nitrogens with one attached hydrogen (secondary N) is 1. The van der Waals surface area contributed by atoms with E-state index in [1.165, 1.54) is 17.6 Å². The Labute approximate surface area is 180 Å². The predicted molar refractivity (Wildman–Crippen MR) is 121 cm³/mol. The SMILES string of the molecule is CC(C)Nc1nc(-c2cc(OC(C)C)c3ccc(CS(C)(=O)=O)c(Cl)c3n2)cs1. The zero-order valence-electron chi connectivity index (χ0n) is 17.0. The summed E-state index contributed by atoms with van der Waals surface area (Å²) in [6, 6.07) is 5.64. The smallest absolute Gasteiger partial charge is 0.183 e. The molecule has 0 fully saturated rings. The third-order valence-electron chi connectivity index (χ3n) is 3.92. The van der Waals surface area contributed by atoms with Gasteiger partial charge in [0.25, 0.3) is 0 Å². The van der Waals surface area contributed by atoms with Gasteiger partial charge in [-0.15, -0.1) is 11.3 Å². The lowest BCUT2D eigenvalue weighted by atomic mass is 10.1. The molecule has 0 unspecified atom stereocenters. The number of sulfone groups is 1. The molecular weight excluding hydrogens is 430 g/mol. The summed E-state index contributed by atoms with van der Waals surface area (Å²) in [6.45, 7) is 7.98. The summed E-state index contributed by atoms with van der Waals surface area (Å²) < 4.78 is 29.5. The lowest BCUT2D eigenvalue weighted by Gasteiger charge is -2.15. The van der Waals surface area contributed by atoms with Crippen LogP contribution in [0.4, 0.5) is 5.13 Å². The molecule has 0 saturated heterocycles. The Hall–Kier alpha value is -1.90. The summed E-state index contributed by atoms with van der Waals surface area (Å²) in [4.78, 5) is 9.32. The van der Waals surface area contributed by atoms with E-state index in [1.54, 1.807) is 6.07 Å². The highest BCUT2D eigenvalue weighted by Gasteiger charge is 2.18. The lowest BCUT2D eigenvalue weighted by molar-refractivity contribution is 0.245. The first-order valence-corrected chi connectivity index (χ1v) is 12.5. The third kappa shape index (κ3) is 5.38. The number of pyridine rings is 1. The predicted octanol–water partition coefficient (Wildman–Crippen LogP) is 5.16. The van der Waals surface area contributed by atoms with Crippen LogP contribution in [-0.4, -0.2) is 36.8 Å². The van der Waals surface area contributed by atoms with Crippen molar-refractivity contribution in [2.24, 2.45) is 0 Å². The number of halogens is 1. The van der Waals surface area contributed by atoms with Crippen molar-refractivity contribution in [3.63, 3.8) is 0 Å². The first kappa shape index (κ1) is 21.8. The van der Waals surface area contributed by atoms with Gasteiger partial charge in [0.2, 0.25) is 0 Å². The molecule has 9 heteroatoms. The number of thiazole rings is 1. The summed E-state index contributed by atoms with van der Waals surface area (Å²) in [7, 11) is -3.23. The summed E-state index contributed by atoms with van der Waals surface area (Å²) in [5, 5.41) is 7.06. The van der Waals surface area contributed by atoms with Gasteiger partial charge >= 0.3 is 0 Å². The molecule has 0 bridgehead atoms. The Morgan fingerprint density at radius 3 is 2.52 bits per heavy atom. The summed E-state index contributed by atoms with van der Waals surface area (Å²) in [6.07, 6.45) is 1.14. The maximum atomic E-state index is 11.8. The minimum absolute atomic E-state index is 0.0449. The van der Waals surface area contributed by atoms with Crippen LogP contribution in [0.3, 0.4) is 0 Å². The van der Waals surface area contributed by atoms with E-state index in [2.05, 4.69) is 10.3 Å². The van der Waals surface area contributed by atoms with Crippen LogP contribution < -0.4 is 10.1 Å². The quantitative estimate of drug-likeness (QED) is 0.531. The first-order chi connectivity index (χ1) is 13.5. The van der Waals surface area contributed by atoms with Crippen molar-refractivity contribution in [1.82, 2.24) is 9.97 Å². The maximum Gasteiger partial charge on any atom is 0.183 e. The van der Waals surface area contributed by atoms with Crippen molar-refractivity contribution in [2.75, 3.05) is 11.6 Å². The highest BCUT2D eigenvalue weighted by atomic mass is 35.5. The molecule has 0 aliphatic carbocycles. The van der Waals surface area contributed by atoms with E-state index in [0.29, 0.717) is 33.2 Å². The Kier molecular flexibility index (Phi) is 6.36. The van der Waals surface area contributed by atoms with Crippen molar-refractivity contribution in [3.05, 3.63) is 34.2 Å². The fourth-order valence-corrected chi connectivity index (χ4v) is 4.86. The molecule has 29 heavy (non-hydrogen) atoms. The Balaban J connectivity index is 2.17. The second-order valence-corrected chi connectivity index (χ2v) is 10.9. The highest BCUT2D eigenvalue weighted by molar-refractivity contribution is 7.89. The van der Waals surface area contributed by atoms with Gasteiger partial charge in [0.05, 0.1) is 28.1 Å². The Morgan fingerprint density at radius 2 is 1.90 bits per heavy atom. The number of fused-ring (bicyclic) bond motifs is 1. The van der Waals surface area contributed by atoms with E-state index in [0.717, 1.165) is 10.5 Å². The van der Waals surface area contributed by atoms with Crippen molar-refractivity contribution in [2.45, 2.75) is 45.6 Å². The molecular formula is C20H24ClN3O3S2. The number of hydrogen-bond donors (Lipinski definition) is 1. The van der Waals surface area contributed by atoms with Gasteiger partial charge < -0.3 is 10.1 Å². The van der Waals surface area contributed by atoms with E-state index < -0.39 is 9.84 Å². The molecule has 3 rings (SSSR count). The van der Waals surface area contributed by atoms with E-state index in [9.17, 15) is 8.42 Å². The fourth-order valence-electron chi connectivity index (χ4n) is 2.85. The summed E-state index contributed by atoms with van der Waals surface area (Å²) >= 11 is 8.07. The number of anilines is 1. The molecule has 2 heterocycles. The summed E-state index contributed by atoms with van der Waals surface area (Å²) in [5.74, 6) is 0.492.